The SMILES string of the molecule is CCCC(CN1CC2(CC2)C1)C(=O)O. The summed E-state index contributed by atoms with van der Waals surface area (Å²) in [5, 5.41) is 8.99. The quantitative estimate of drug-likeness (QED) is 0.727. The van der Waals surface area contributed by atoms with E-state index in [1.807, 2.05) is 0 Å². The number of hydrogen-bond donors (Lipinski definition) is 1. The zero-order valence-electron chi connectivity index (χ0n) is 8.83. The Morgan fingerprint density at radius 1 is 1.50 bits per heavy atom. The van der Waals surface area contributed by atoms with E-state index in [1.165, 1.54) is 12.8 Å². The molecule has 0 bridgehead atoms. The van der Waals surface area contributed by atoms with Gasteiger partial charge >= 0.3 is 5.97 Å². The van der Waals surface area contributed by atoms with Gasteiger partial charge in [0.2, 0.25) is 0 Å². The molecule has 1 saturated carbocycles. The third-order valence-corrected chi connectivity index (χ3v) is 3.54. The molecule has 0 amide bonds. The zero-order chi connectivity index (χ0) is 10.2. The molecule has 0 aromatic heterocycles. The summed E-state index contributed by atoms with van der Waals surface area (Å²) in [5.41, 5.74) is 0.648. The minimum absolute atomic E-state index is 0.143. The standard InChI is InChI=1S/C11H19NO2/c1-2-3-9(10(13)14)6-12-7-11(8-12)4-5-11/h9H,2-8H2,1H3,(H,13,14). The van der Waals surface area contributed by atoms with Crippen molar-refractivity contribution in [2.24, 2.45) is 11.3 Å². The number of likely N-dealkylation sites (tertiary alicyclic amines) is 1. The molecule has 0 aromatic carbocycles. The van der Waals surface area contributed by atoms with Crippen LogP contribution >= 0.6 is 0 Å². The molecular weight excluding hydrogens is 178 g/mol. The molecule has 2 rings (SSSR count). The lowest BCUT2D eigenvalue weighted by molar-refractivity contribution is -0.143. The molecule has 2 aliphatic rings. The average Bonchev–Trinajstić information content (AvgIpc) is 2.82. The molecule has 0 aromatic rings. The van der Waals surface area contributed by atoms with Crippen molar-refractivity contribution in [3.05, 3.63) is 0 Å². The maximum Gasteiger partial charge on any atom is 0.307 e. The molecule has 14 heavy (non-hydrogen) atoms. The number of rotatable bonds is 5. The summed E-state index contributed by atoms with van der Waals surface area (Å²) in [7, 11) is 0. The third kappa shape index (κ3) is 1.92. The number of carboxylic acid groups (broad SMARTS) is 1. The lowest BCUT2D eigenvalue weighted by Gasteiger charge is -2.41. The highest BCUT2D eigenvalue weighted by Gasteiger charge is 2.52. The lowest BCUT2D eigenvalue weighted by Crippen LogP contribution is -2.50. The summed E-state index contributed by atoms with van der Waals surface area (Å²) in [6.07, 6.45) is 4.53. The average molecular weight is 197 g/mol. The van der Waals surface area contributed by atoms with Crippen molar-refractivity contribution in [1.29, 1.82) is 0 Å². The molecule has 0 radical (unpaired) electrons. The van der Waals surface area contributed by atoms with Crippen LogP contribution in [0.15, 0.2) is 0 Å². The molecule has 1 atom stereocenters. The molecule has 1 saturated heterocycles. The van der Waals surface area contributed by atoms with E-state index >= 15 is 0 Å². The van der Waals surface area contributed by atoms with Crippen LogP contribution in [0, 0.1) is 11.3 Å². The highest BCUT2D eigenvalue weighted by Crippen LogP contribution is 2.52. The molecule has 1 unspecified atom stereocenters. The molecule has 80 valence electrons. The van der Waals surface area contributed by atoms with Gasteiger partial charge in [0.1, 0.15) is 0 Å². The van der Waals surface area contributed by atoms with Gasteiger partial charge in [0.05, 0.1) is 5.92 Å². The molecular formula is C11H19NO2. The van der Waals surface area contributed by atoms with E-state index < -0.39 is 5.97 Å². The van der Waals surface area contributed by atoms with Crippen molar-refractivity contribution in [1.82, 2.24) is 4.90 Å². The van der Waals surface area contributed by atoms with E-state index in [-0.39, 0.29) is 5.92 Å². The summed E-state index contributed by atoms with van der Waals surface area (Å²) in [6.45, 7) is 5.13. The summed E-state index contributed by atoms with van der Waals surface area (Å²) < 4.78 is 0. The van der Waals surface area contributed by atoms with Crippen molar-refractivity contribution in [3.63, 3.8) is 0 Å². The molecule has 1 N–H and O–H groups in total. The third-order valence-electron chi connectivity index (χ3n) is 3.54. The van der Waals surface area contributed by atoms with Crippen LogP contribution < -0.4 is 0 Å². The molecule has 3 nitrogen and oxygen atoms in total. The Balaban J connectivity index is 1.74. The van der Waals surface area contributed by atoms with E-state index in [9.17, 15) is 4.79 Å². The van der Waals surface area contributed by atoms with Crippen LogP contribution in [-0.2, 0) is 4.79 Å². The minimum Gasteiger partial charge on any atom is -0.481 e. The van der Waals surface area contributed by atoms with Gasteiger partial charge in [-0.2, -0.15) is 0 Å². The summed E-state index contributed by atoms with van der Waals surface area (Å²) in [6, 6.07) is 0. The van der Waals surface area contributed by atoms with Gasteiger partial charge in [0, 0.05) is 19.6 Å². The molecule has 1 spiro atoms. The smallest absolute Gasteiger partial charge is 0.307 e. The monoisotopic (exact) mass is 197 g/mol. The first-order valence-corrected chi connectivity index (χ1v) is 5.60. The van der Waals surface area contributed by atoms with Crippen LogP contribution in [0.2, 0.25) is 0 Å². The Kier molecular flexibility index (Phi) is 2.52. The fourth-order valence-electron chi connectivity index (χ4n) is 2.48. The van der Waals surface area contributed by atoms with Crippen molar-refractivity contribution in [2.45, 2.75) is 32.6 Å². The summed E-state index contributed by atoms with van der Waals surface area (Å²) >= 11 is 0. The Morgan fingerprint density at radius 3 is 2.57 bits per heavy atom. The van der Waals surface area contributed by atoms with Gasteiger partial charge in [-0.25, -0.2) is 0 Å². The van der Waals surface area contributed by atoms with Crippen LogP contribution in [-0.4, -0.2) is 35.6 Å². The van der Waals surface area contributed by atoms with Gasteiger partial charge in [-0.3, -0.25) is 4.79 Å². The second kappa shape index (κ2) is 3.54. The van der Waals surface area contributed by atoms with Crippen molar-refractivity contribution >= 4 is 5.97 Å². The van der Waals surface area contributed by atoms with E-state index in [0.29, 0.717) is 5.41 Å². The number of hydrogen-bond acceptors (Lipinski definition) is 2. The van der Waals surface area contributed by atoms with Crippen LogP contribution in [0.3, 0.4) is 0 Å². The zero-order valence-corrected chi connectivity index (χ0v) is 8.83. The first-order valence-electron chi connectivity index (χ1n) is 5.60. The highest BCUT2D eigenvalue weighted by atomic mass is 16.4. The minimum atomic E-state index is -0.622. The Labute approximate surface area is 85.1 Å². The predicted octanol–water partition coefficient (Wildman–Crippen LogP) is 1.58. The molecule has 1 heterocycles. The van der Waals surface area contributed by atoms with E-state index in [4.69, 9.17) is 5.11 Å². The maximum absolute atomic E-state index is 10.9. The van der Waals surface area contributed by atoms with Gasteiger partial charge in [-0.1, -0.05) is 13.3 Å². The maximum atomic E-state index is 10.9. The van der Waals surface area contributed by atoms with Crippen LogP contribution in [0.1, 0.15) is 32.6 Å². The van der Waals surface area contributed by atoms with Crippen LogP contribution in [0.5, 0.6) is 0 Å². The van der Waals surface area contributed by atoms with Crippen molar-refractivity contribution in [2.75, 3.05) is 19.6 Å². The highest BCUT2D eigenvalue weighted by molar-refractivity contribution is 5.70. The first kappa shape index (κ1) is 9.97. The van der Waals surface area contributed by atoms with E-state index in [0.717, 1.165) is 32.5 Å². The molecule has 3 heteroatoms. The Morgan fingerprint density at radius 2 is 2.14 bits per heavy atom. The molecule has 2 fully saturated rings. The molecule has 1 aliphatic carbocycles. The van der Waals surface area contributed by atoms with Gasteiger partial charge in [-0.05, 0) is 24.7 Å². The fourth-order valence-corrected chi connectivity index (χ4v) is 2.48. The van der Waals surface area contributed by atoms with E-state index in [2.05, 4.69) is 11.8 Å². The van der Waals surface area contributed by atoms with Gasteiger partial charge in [0.25, 0.3) is 0 Å². The predicted molar refractivity (Wildman–Crippen MR) is 54.1 cm³/mol. The number of carbonyl (C=O) groups is 1. The molecule has 1 aliphatic heterocycles. The fraction of sp³-hybridized carbons (Fsp3) is 0.909. The van der Waals surface area contributed by atoms with Crippen molar-refractivity contribution < 1.29 is 9.90 Å². The lowest BCUT2D eigenvalue weighted by atomic mass is 9.93. The number of aliphatic carboxylic acids is 1. The first-order chi connectivity index (χ1) is 6.65. The van der Waals surface area contributed by atoms with E-state index in [1.54, 1.807) is 0 Å². The Bertz CT molecular complexity index is 227. The number of carboxylic acids is 1. The van der Waals surface area contributed by atoms with Crippen molar-refractivity contribution in [3.8, 4) is 0 Å². The number of nitrogens with zero attached hydrogens (tertiary/aromatic N) is 1. The van der Waals surface area contributed by atoms with Crippen LogP contribution in [0.4, 0.5) is 0 Å². The topological polar surface area (TPSA) is 40.5 Å². The van der Waals surface area contributed by atoms with Crippen LogP contribution in [0.25, 0.3) is 0 Å². The van der Waals surface area contributed by atoms with Gasteiger partial charge in [0.15, 0.2) is 0 Å². The summed E-state index contributed by atoms with van der Waals surface area (Å²) in [4.78, 5) is 13.2. The second-order valence-corrected chi connectivity index (χ2v) is 4.99. The second-order valence-electron chi connectivity index (χ2n) is 4.99. The largest absolute Gasteiger partial charge is 0.481 e. The summed E-state index contributed by atoms with van der Waals surface area (Å²) in [5.74, 6) is -0.764. The van der Waals surface area contributed by atoms with Gasteiger partial charge < -0.3 is 10.0 Å². The van der Waals surface area contributed by atoms with Gasteiger partial charge in [-0.15, -0.1) is 0 Å². The Hall–Kier alpha value is -0.570. The normalized spacial score (nSPS) is 25.8.